The lowest BCUT2D eigenvalue weighted by molar-refractivity contribution is -0.148. The van der Waals surface area contributed by atoms with Crippen LogP contribution in [0.3, 0.4) is 0 Å². The highest BCUT2D eigenvalue weighted by molar-refractivity contribution is 5.85. The van der Waals surface area contributed by atoms with E-state index in [1.54, 1.807) is 0 Å². The Hall–Kier alpha value is -1.45. The molecule has 160 valence electrons. The summed E-state index contributed by atoms with van der Waals surface area (Å²) in [6, 6.07) is 0. The van der Waals surface area contributed by atoms with E-state index in [0.717, 1.165) is 38.4 Å². The lowest BCUT2D eigenvalue weighted by atomic mass is 9.47. The smallest absolute Gasteiger partial charge is 0.302 e. The fourth-order valence-corrected chi connectivity index (χ4v) is 8.05. The molecule has 29 heavy (non-hydrogen) atoms. The summed E-state index contributed by atoms with van der Waals surface area (Å²) >= 11 is 0. The lowest BCUT2D eigenvalue weighted by Crippen LogP contribution is -2.51. The molecule has 4 heteroatoms. The van der Waals surface area contributed by atoms with E-state index >= 15 is 0 Å². The Morgan fingerprint density at radius 1 is 1.24 bits per heavy atom. The second-order valence-corrected chi connectivity index (χ2v) is 10.8. The summed E-state index contributed by atoms with van der Waals surface area (Å²) in [5.41, 5.74) is 1.70. The lowest BCUT2D eigenvalue weighted by Gasteiger charge is -2.58. The van der Waals surface area contributed by atoms with E-state index in [0.29, 0.717) is 36.4 Å². The van der Waals surface area contributed by atoms with E-state index in [1.165, 1.54) is 18.9 Å². The number of allylic oxidation sites excluding steroid dienone is 1. The van der Waals surface area contributed by atoms with Gasteiger partial charge in [-0.05, 0) is 66.6 Å². The van der Waals surface area contributed by atoms with Crippen molar-refractivity contribution in [2.75, 3.05) is 0 Å². The molecule has 0 aliphatic heterocycles. The molecule has 0 heterocycles. The fourth-order valence-electron chi connectivity index (χ4n) is 8.05. The third-order valence-electron chi connectivity index (χ3n) is 9.34. The summed E-state index contributed by atoms with van der Waals surface area (Å²) in [4.78, 5) is 35.6. The minimum absolute atomic E-state index is 0.0267. The van der Waals surface area contributed by atoms with Crippen LogP contribution in [0.15, 0.2) is 11.6 Å². The number of ether oxygens (including phenoxy) is 1. The normalized spacial score (nSPS) is 44.8. The maximum absolute atomic E-state index is 13.1. The Kier molecular flexibility index (Phi) is 5.28. The van der Waals surface area contributed by atoms with Crippen LogP contribution < -0.4 is 0 Å². The first-order valence-electron chi connectivity index (χ1n) is 11.5. The predicted molar refractivity (Wildman–Crippen MR) is 111 cm³/mol. The zero-order valence-corrected chi connectivity index (χ0v) is 18.4. The molecular formula is C25H36O4. The van der Waals surface area contributed by atoms with Gasteiger partial charge in [0.25, 0.3) is 0 Å². The van der Waals surface area contributed by atoms with Gasteiger partial charge in [-0.15, -0.1) is 0 Å². The van der Waals surface area contributed by atoms with Crippen LogP contribution in [-0.4, -0.2) is 24.1 Å². The van der Waals surface area contributed by atoms with Crippen molar-refractivity contribution in [2.45, 2.75) is 85.2 Å². The van der Waals surface area contributed by atoms with Gasteiger partial charge >= 0.3 is 5.97 Å². The first kappa shape index (κ1) is 20.8. The molecule has 4 aliphatic rings. The van der Waals surface area contributed by atoms with Gasteiger partial charge in [-0.3, -0.25) is 9.59 Å². The third-order valence-corrected chi connectivity index (χ3v) is 9.34. The van der Waals surface area contributed by atoms with Crippen LogP contribution in [0.2, 0.25) is 0 Å². The molecule has 0 radical (unpaired) electrons. The number of carbonyl (C=O) groups excluding carboxylic acids is 3. The monoisotopic (exact) mass is 400 g/mol. The average Bonchev–Trinajstić information content (AvgIpc) is 2.92. The first-order valence-corrected chi connectivity index (χ1v) is 11.5. The van der Waals surface area contributed by atoms with Crippen LogP contribution in [0.5, 0.6) is 0 Å². The van der Waals surface area contributed by atoms with Gasteiger partial charge in [0.1, 0.15) is 18.2 Å². The van der Waals surface area contributed by atoms with Crippen molar-refractivity contribution in [3.8, 4) is 0 Å². The van der Waals surface area contributed by atoms with Crippen LogP contribution in [-0.2, 0) is 19.1 Å². The molecule has 0 bridgehead atoms. The molecule has 0 amide bonds. The SMILES string of the molecule is CC(=O)O[C@H]1CC[C@@]2(C)C(=CC[C@@H]3[C@@H]2CC[C@]2(C)C([C@H](C)CC=O)C(=O)C[C@@H]32)C1. The van der Waals surface area contributed by atoms with Crippen LogP contribution >= 0.6 is 0 Å². The molecule has 0 aromatic carbocycles. The molecule has 0 aromatic heterocycles. The second kappa shape index (κ2) is 7.35. The van der Waals surface area contributed by atoms with Gasteiger partial charge in [-0.25, -0.2) is 0 Å². The van der Waals surface area contributed by atoms with Crippen LogP contribution in [0, 0.1) is 40.4 Å². The molecule has 3 saturated carbocycles. The van der Waals surface area contributed by atoms with Gasteiger partial charge in [0.05, 0.1) is 0 Å². The highest BCUT2D eigenvalue weighted by atomic mass is 16.5. The average molecular weight is 401 g/mol. The Morgan fingerprint density at radius 2 is 2.00 bits per heavy atom. The minimum Gasteiger partial charge on any atom is -0.462 e. The molecule has 4 nitrogen and oxygen atoms in total. The number of ketones is 1. The number of rotatable bonds is 4. The molecule has 1 unspecified atom stereocenters. The highest BCUT2D eigenvalue weighted by Crippen LogP contribution is 2.66. The maximum Gasteiger partial charge on any atom is 0.302 e. The zero-order valence-electron chi connectivity index (χ0n) is 18.4. The second-order valence-electron chi connectivity index (χ2n) is 10.8. The third kappa shape index (κ3) is 3.21. The summed E-state index contributed by atoms with van der Waals surface area (Å²) in [5.74, 6) is 2.02. The number of Topliss-reactive ketones (excluding diaryl/α,β-unsaturated/α-hetero) is 1. The minimum atomic E-state index is -0.179. The van der Waals surface area contributed by atoms with Gasteiger partial charge in [0, 0.05) is 32.1 Å². The van der Waals surface area contributed by atoms with Gasteiger partial charge in [0.15, 0.2) is 0 Å². The maximum atomic E-state index is 13.1. The van der Waals surface area contributed by atoms with E-state index < -0.39 is 0 Å². The van der Waals surface area contributed by atoms with E-state index in [4.69, 9.17) is 4.74 Å². The summed E-state index contributed by atoms with van der Waals surface area (Å²) in [6.45, 7) is 8.35. The Labute approximate surface area is 174 Å². The van der Waals surface area contributed by atoms with E-state index in [-0.39, 0.29) is 34.7 Å². The van der Waals surface area contributed by atoms with Gasteiger partial charge < -0.3 is 9.53 Å². The van der Waals surface area contributed by atoms with Crippen LogP contribution in [0.25, 0.3) is 0 Å². The molecule has 8 atom stereocenters. The number of aldehydes is 1. The number of hydrogen-bond donors (Lipinski definition) is 0. The van der Waals surface area contributed by atoms with Crippen molar-refractivity contribution in [1.82, 2.24) is 0 Å². The van der Waals surface area contributed by atoms with Gasteiger partial charge in [0.2, 0.25) is 0 Å². The Balaban J connectivity index is 1.59. The molecular weight excluding hydrogens is 364 g/mol. The van der Waals surface area contributed by atoms with Crippen LogP contribution in [0.4, 0.5) is 0 Å². The summed E-state index contributed by atoms with van der Waals surface area (Å²) in [6.07, 6.45) is 10.8. The Bertz CT molecular complexity index is 739. The van der Waals surface area contributed by atoms with E-state index in [2.05, 4.69) is 26.8 Å². The topological polar surface area (TPSA) is 60.4 Å². The molecule has 0 aromatic rings. The summed E-state index contributed by atoms with van der Waals surface area (Å²) in [5, 5.41) is 0. The number of hydrogen-bond acceptors (Lipinski definition) is 4. The number of esters is 1. The fraction of sp³-hybridized carbons (Fsp3) is 0.800. The molecule has 4 aliphatic carbocycles. The van der Waals surface area contributed by atoms with E-state index in [1.807, 2.05) is 0 Å². The number of carbonyl (C=O) groups is 3. The Morgan fingerprint density at radius 3 is 2.69 bits per heavy atom. The summed E-state index contributed by atoms with van der Waals surface area (Å²) in [7, 11) is 0. The van der Waals surface area contributed by atoms with Crippen molar-refractivity contribution in [1.29, 1.82) is 0 Å². The highest BCUT2D eigenvalue weighted by Gasteiger charge is 2.61. The van der Waals surface area contributed by atoms with Crippen molar-refractivity contribution in [3.05, 3.63) is 11.6 Å². The molecule has 0 spiro atoms. The molecule has 4 rings (SSSR count). The van der Waals surface area contributed by atoms with Gasteiger partial charge in [-0.2, -0.15) is 0 Å². The largest absolute Gasteiger partial charge is 0.462 e. The first-order chi connectivity index (χ1) is 13.7. The molecule has 0 N–H and O–H groups in total. The van der Waals surface area contributed by atoms with Crippen molar-refractivity contribution in [2.24, 2.45) is 40.4 Å². The van der Waals surface area contributed by atoms with Gasteiger partial charge in [-0.1, -0.05) is 32.4 Å². The zero-order chi connectivity index (χ0) is 21.0. The van der Waals surface area contributed by atoms with Crippen molar-refractivity contribution < 1.29 is 19.1 Å². The molecule has 0 saturated heterocycles. The molecule has 3 fully saturated rings. The van der Waals surface area contributed by atoms with Crippen molar-refractivity contribution in [3.63, 3.8) is 0 Å². The van der Waals surface area contributed by atoms with Crippen molar-refractivity contribution >= 4 is 18.0 Å². The standard InChI is InChI=1S/C25H36O4/c1-15(9-12-26)23-22(28)14-21-19-6-5-17-13-18(29-16(2)27)7-10-24(17,3)20(19)8-11-25(21,23)4/h5,12,15,18-21,23H,6-11,13-14H2,1-4H3/t15-,18+,19-,20+,21+,23?,24+,25+/m1/s1. The van der Waals surface area contributed by atoms with E-state index in [9.17, 15) is 14.4 Å². The quantitative estimate of drug-likeness (QED) is 0.382. The summed E-state index contributed by atoms with van der Waals surface area (Å²) < 4.78 is 5.53. The van der Waals surface area contributed by atoms with Crippen LogP contribution in [0.1, 0.15) is 79.1 Å². The number of fused-ring (bicyclic) bond motifs is 5. The predicted octanol–water partition coefficient (Wildman–Crippen LogP) is 4.90.